The van der Waals surface area contributed by atoms with Crippen molar-refractivity contribution in [2.45, 2.75) is 33.4 Å². The van der Waals surface area contributed by atoms with Gasteiger partial charge in [0.2, 0.25) is 0 Å². The first-order valence-electron chi connectivity index (χ1n) is 9.15. The van der Waals surface area contributed by atoms with Gasteiger partial charge in [0.25, 0.3) is 5.91 Å². The zero-order valence-electron chi connectivity index (χ0n) is 16.3. The average Bonchev–Trinajstić information content (AvgIpc) is 3.13. The maximum Gasteiger partial charge on any atom is 0.280 e. The molecule has 0 radical (unpaired) electrons. The Morgan fingerprint density at radius 1 is 1.21 bits per heavy atom. The van der Waals surface area contributed by atoms with Crippen molar-refractivity contribution in [1.29, 1.82) is 0 Å². The van der Waals surface area contributed by atoms with Crippen LogP contribution in [0.15, 0.2) is 66.0 Å². The molecule has 1 aromatic heterocycles. The fraction of sp³-hybridized carbons (Fsp3) is 0.227. The van der Waals surface area contributed by atoms with Crippen molar-refractivity contribution in [1.82, 2.24) is 15.2 Å². The first-order chi connectivity index (χ1) is 13.5. The minimum absolute atomic E-state index is 0.311. The molecule has 144 valence electrons. The molecular weight excluding hydrogens is 352 g/mol. The standard InChI is InChI=1S/C22H24N4O2/c1-16-8-7-11-21(17(16)2)28-18(3)22(27)25-23-12-20-13-24-26(15-20)14-19-9-5-4-6-10-19/h4-13,15,18H,14H2,1-3H3,(H,25,27)/b23-12-/t18-/m0/s1. The summed E-state index contributed by atoms with van der Waals surface area (Å²) in [5, 5.41) is 8.31. The third-order valence-corrected chi connectivity index (χ3v) is 4.46. The molecule has 1 amide bonds. The van der Waals surface area contributed by atoms with Crippen LogP contribution in [-0.2, 0) is 11.3 Å². The smallest absolute Gasteiger partial charge is 0.280 e. The van der Waals surface area contributed by atoms with Gasteiger partial charge < -0.3 is 4.74 Å². The Balaban J connectivity index is 1.52. The Morgan fingerprint density at radius 2 is 2.00 bits per heavy atom. The largest absolute Gasteiger partial charge is 0.481 e. The molecule has 0 fully saturated rings. The summed E-state index contributed by atoms with van der Waals surface area (Å²) < 4.78 is 7.58. The molecule has 2 aromatic carbocycles. The molecule has 0 bridgehead atoms. The monoisotopic (exact) mass is 376 g/mol. The number of aryl methyl sites for hydroxylation is 1. The van der Waals surface area contributed by atoms with Crippen LogP contribution >= 0.6 is 0 Å². The van der Waals surface area contributed by atoms with Crippen LogP contribution in [-0.4, -0.2) is 28.0 Å². The van der Waals surface area contributed by atoms with Crippen molar-refractivity contribution in [3.63, 3.8) is 0 Å². The van der Waals surface area contributed by atoms with Crippen LogP contribution in [0.4, 0.5) is 0 Å². The average molecular weight is 376 g/mol. The summed E-state index contributed by atoms with van der Waals surface area (Å²) in [5.41, 5.74) is 6.63. The van der Waals surface area contributed by atoms with Crippen molar-refractivity contribution >= 4 is 12.1 Å². The molecule has 0 aliphatic carbocycles. The number of nitrogens with zero attached hydrogens (tertiary/aromatic N) is 3. The Kier molecular flexibility index (Phi) is 6.22. The van der Waals surface area contributed by atoms with Gasteiger partial charge in [-0.2, -0.15) is 10.2 Å². The first-order valence-corrected chi connectivity index (χ1v) is 9.15. The molecule has 0 aliphatic rings. The van der Waals surface area contributed by atoms with E-state index in [1.807, 2.05) is 73.3 Å². The second-order valence-electron chi connectivity index (χ2n) is 6.65. The van der Waals surface area contributed by atoms with Crippen LogP contribution < -0.4 is 10.2 Å². The molecule has 3 aromatic rings. The molecule has 1 atom stereocenters. The minimum atomic E-state index is -0.654. The number of hydrogen-bond donors (Lipinski definition) is 1. The molecule has 0 saturated heterocycles. The summed E-state index contributed by atoms with van der Waals surface area (Å²) in [4.78, 5) is 12.2. The number of hydrazone groups is 1. The van der Waals surface area contributed by atoms with Gasteiger partial charge in [-0.3, -0.25) is 9.48 Å². The highest BCUT2D eigenvalue weighted by molar-refractivity contribution is 5.84. The van der Waals surface area contributed by atoms with E-state index in [9.17, 15) is 4.79 Å². The third-order valence-electron chi connectivity index (χ3n) is 4.46. The third kappa shape index (κ3) is 5.07. The summed E-state index contributed by atoms with van der Waals surface area (Å²) in [6.07, 6.45) is 4.49. The molecule has 1 N–H and O–H groups in total. The molecule has 6 nitrogen and oxygen atoms in total. The normalized spacial score (nSPS) is 12.1. The van der Waals surface area contributed by atoms with Crippen molar-refractivity contribution in [3.05, 3.63) is 83.2 Å². The van der Waals surface area contributed by atoms with E-state index in [-0.39, 0.29) is 5.91 Å². The molecule has 0 aliphatic heterocycles. The summed E-state index contributed by atoms with van der Waals surface area (Å²) >= 11 is 0. The van der Waals surface area contributed by atoms with Crippen molar-refractivity contribution in [2.75, 3.05) is 0 Å². The molecule has 1 heterocycles. The lowest BCUT2D eigenvalue weighted by molar-refractivity contribution is -0.127. The summed E-state index contributed by atoms with van der Waals surface area (Å²) in [7, 11) is 0. The van der Waals surface area contributed by atoms with E-state index < -0.39 is 6.10 Å². The highest BCUT2D eigenvalue weighted by Crippen LogP contribution is 2.21. The summed E-state index contributed by atoms with van der Waals surface area (Å²) in [6.45, 7) is 6.36. The second kappa shape index (κ2) is 8.99. The Labute approximate surface area is 164 Å². The van der Waals surface area contributed by atoms with Gasteiger partial charge in [-0.15, -0.1) is 0 Å². The number of ether oxygens (including phenoxy) is 1. The van der Waals surface area contributed by atoms with Gasteiger partial charge >= 0.3 is 0 Å². The van der Waals surface area contributed by atoms with Gasteiger partial charge in [0.05, 0.1) is 19.0 Å². The van der Waals surface area contributed by atoms with Gasteiger partial charge in [0.15, 0.2) is 6.10 Å². The highest BCUT2D eigenvalue weighted by Gasteiger charge is 2.15. The Morgan fingerprint density at radius 3 is 2.79 bits per heavy atom. The second-order valence-corrected chi connectivity index (χ2v) is 6.65. The zero-order valence-corrected chi connectivity index (χ0v) is 16.3. The SMILES string of the molecule is Cc1cccc(O[C@@H](C)C(=O)N/N=C\c2cnn(Cc3ccccc3)c2)c1C. The molecule has 0 spiro atoms. The number of carbonyl (C=O) groups excluding carboxylic acids is 1. The van der Waals surface area contributed by atoms with Crippen LogP contribution in [0.3, 0.4) is 0 Å². The van der Waals surface area contributed by atoms with E-state index in [0.717, 1.165) is 16.7 Å². The fourth-order valence-corrected chi connectivity index (χ4v) is 2.66. The first kappa shape index (κ1) is 19.4. The van der Waals surface area contributed by atoms with E-state index in [1.54, 1.807) is 19.3 Å². The van der Waals surface area contributed by atoms with Gasteiger partial charge in [-0.05, 0) is 43.5 Å². The van der Waals surface area contributed by atoms with Gasteiger partial charge in [0, 0.05) is 11.8 Å². The predicted molar refractivity (Wildman–Crippen MR) is 110 cm³/mol. The topological polar surface area (TPSA) is 68.5 Å². The lowest BCUT2D eigenvalue weighted by Crippen LogP contribution is -2.33. The number of aromatic nitrogens is 2. The van der Waals surface area contributed by atoms with Gasteiger partial charge in [-0.1, -0.05) is 42.5 Å². The van der Waals surface area contributed by atoms with Crippen LogP contribution in [0.25, 0.3) is 0 Å². The minimum Gasteiger partial charge on any atom is -0.481 e. The fourth-order valence-electron chi connectivity index (χ4n) is 2.66. The van der Waals surface area contributed by atoms with Crippen molar-refractivity contribution in [3.8, 4) is 5.75 Å². The van der Waals surface area contributed by atoms with E-state index in [2.05, 4.69) is 15.6 Å². The highest BCUT2D eigenvalue weighted by atomic mass is 16.5. The van der Waals surface area contributed by atoms with E-state index in [1.165, 1.54) is 5.56 Å². The summed E-state index contributed by atoms with van der Waals surface area (Å²) in [5.74, 6) is 0.391. The quantitative estimate of drug-likeness (QED) is 0.507. The number of rotatable bonds is 7. The van der Waals surface area contributed by atoms with Crippen LogP contribution in [0.5, 0.6) is 5.75 Å². The number of amides is 1. The van der Waals surface area contributed by atoms with E-state index in [0.29, 0.717) is 12.3 Å². The van der Waals surface area contributed by atoms with E-state index in [4.69, 9.17) is 4.74 Å². The number of benzene rings is 2. The molecule has 0 unspecified atom stereocenters. The Bertz CT molecular complexity index is 964. The number of carbonyl (C=O) groups is 1. The lowest BCUT2D eigenvalue weighted by Gasteiger charge is -2.15. The van der Waals surface area contributed by atoms with Crippen LogP contribution in [0.2, 0.25) is 0 Å². The number of nitrogens with one attached hydrogen (secondary N) is 1. The Hall–Kier alpha value is -3.41. The maximum absolute atomic E-state index is 12.2. The molecule has 0 saturated carbocycles. The summed E-state index contributed by atoms with van der Waals surface area (Å²) in [6, 6.07) is 15.9. The maximum atomic E-state index is 12.2. The van der Waals surface area contributed by atoms with Gasteiger partial charge in [0.1, 0.15) is 5.75 Å². The molecule has 3 rings (SSSR count). The number of hydrogen-bond acceptors (Lipinski definition) is 4. The lowest BCUT2D eigenvalue weighted by atomic mass is 10.1. The van der Waals surface area contributed by atoms with Crippen LogP contribution in [0.1, 0.15) is 29.2 Å². The van der Waals surface area contributed by atoms with Gasteiger partial charge in [-0.25, -0.2) is 5.43 Å². The predicted octanol–water partition coefficient (Wildman–Crippen LogP) is 3.47. The van der Waals surface area contributed by atoms with E-state index >= 15 is 0 Å². The zero-order chi connectivity index (χ0) is 19.9. The van der Waals surface area contributed by atoms with Crippen molar-refractivity contribution in [2.24, 2.45) is 5.10 Å². The van der Waals surface area contributed by atoms with Crippen LogP contribution in [0, 0.1) is 13.8 Å². The molecule has 28 heavy (non-hydrogen) atoms. The van der Waals surface area contributed by atoms with Crippen molar-refractivity contribution < 1.29 is 9.53 Å². The molecular formula is C22H24N4O2. The molecule has 6 heteroatoms.